The number of fused-ring (bicyclic) bond motifs is 1. The number of aromatic nitrogens is 2. The minimum Gasteiger partial charge on any atom is -0.481 e. The van der Waals surface area contributed by atoms with E-state index in [1.807, 2.05) is 12.1 Å². The van der Waals surface area contributed by atoms with Gasteiger partial charge in [-0.05, 0) is 67.3 Å². The van der Waals surface area contributed by atoms with Crippen molar-refractivity contribution in [1.29, 1.82) is 0 Å². The van der Waals surface area contributed by atoms with E-state index in [1.165, 1.54) is 12.1 Å². The Balaban J connectivity index is 1.39. The van der Waals surface area contributed by atoms with Crippen molar-refractivity contribution < 1.29 is 32.6 Å². The highest BCUT2D eigenvalue weighted by Gasteiger charge is 2.31. The van der Waals surface area contributed by atoms with E-state index >= 15 is 0 Å². The quantitative estimate of drug-likeness (QED) is 0.220. The predicted molar refractivity (Wildman–Crippen MR) is 151 cm³/mol. The van der Waals surface area contributed by atoms with Crippen LogP contribution >= 0.6 is 11.6 Å². The van der Waals surface area contributed by atoms with E-state index in [4.69, 9.17) is 31.4 Å². The molecule has 3 aromatic carbocycles. The highest BCUT2D eigenvalue weighted by atomic mass is 35.5. The third-order valence-electron chi connectivity index (χ3n) is 7.12. The lowest BCUT2D eigenvalue weighted by molar-refractivity contribution is -0.138. The maximum absolute atomic E-state index is 13.5. The zero-order valence-corrected chi connectivity index (χ0v) is 23.2. The predicted octanol–water partition coefficient (Wildman–Crippen LogP) is 6.98. The molecule has 1 aliphatic rings. The first-order valence-electron chi connectivity index (χ1n) is 13.4. The molecule has 0 radical (unpaired) electrons. The van der Waals surface area contributed by atoms with Gasteiger partial charge in [-0.2, -0.15) is 13.2 Å². The molecule has 1 saturated heterocycles. The van der Waals surface area contributed by atoms with Crippen LogP contribution in [0.25, 0.3) is 22.3 Å². The molecule has 1 fully saturated rings. The van der Waals surface area contributed by atoms with E-state index < -0.39 is 23.8 Å². The molecule has 2 heterocycles. The topological polar surface area (TPSA) is 92.6 Å². The first-order chi connectivity index (χ1) is 20.1. The van der Waals surface area contributed by atoms with Gasteiger partial charge in [-0.25, -0.2) is 9.97 Å². The minimum atomic E-state index is -4.43. The minimum absolute atomic E-state index is 0.0585. The number of hydrogen-bond donors (Lipinski definition) is 1. The Hall–Kier alpha value is -4.02. The first kappa shape index (κ1) is 29.5. The van der Waals surface area contributed by atoms with Gasteiger partial charge in [0.2, 0.25) is 0 Å². The number of aryl methyl sites for hydroxylation is 1. The summed E-state index contributed by atoms with van der Waals surface area (Å²) >= 11 is 6.07. The molecular weight excluding hydrogens is 571 g/mol. The van der Waals surface area contributed by atoms with Crippen molar-refractivity contribution in [3.05, 3.63) is 94.1 Å². The number of hydrogen-bond acceptors (Lipinski definition) is 5. The largest absolute Gasteiger partial charge is 0.481 e. The highest BCUT2D eigenvalue weighted by molar-refractivity contribution is 6.30. The van der Waals surface area contributed by atoms with Crippen molar-refractivity contribution in [2.75, 3.05) is 19.7 Å². The van der Waals surface area contributed by atoms with Gasteiger partial charge in [-0.1, -0.05) is 35.9 Å². The average Bonchev–Trinajstić information content (AvgIpc) is 2.98. The average molecular weight is 598 g/mol. The second-order valence-corrected chi connectivity index (χ2v) is 10.5. The van der Waals surface area contributed by atoms with E-state index in [9.17, 15) is 22.8 Å². The summed E-state index contributed by atoms with van der Waals surface area (Å²) in [5, 5.41) is 9.58. The highest BCUT2D eigenvalue weighted by Crippen LogP contribution is 2.32. The number of carboxylic acid groups (broad SMARTS) is 1. The molecule has 5 rings (SSSR count). The molecule has 0 saturated carbocycles. The van der Waals surface area contributed by atoms with Gasteiger partial charge in [0.15, 0.2) is 0 Å². The number of carbonyl (C=O) groups is 2. The molecule has 1 atom stereocenters. The fraction of sp³-hybridized carbons (Fsp3) is 0.290. The van der Waals surface area contributed by atoms with Gasteiger partial charge >= 0.3 is 12.1 Å². The van der Waals surface area contributed by atoms with E-state index in [-0.39, 0.29) is 25.5 Å². The van der Waals surface area contributed by atoms with Crippen LogP contribution < -0.4 is 0 Å². The Morgan fingerprint density at radius 1 is 0.976 bits per heavy atom. The number of carbonyl (C=O) groups excluding carboxylic acids is 1. The smallest absolute Gasteiger partial charge is 0.416 e. The van der Waals surface area contributed by atoms with Crippen LogP contribution in [-0.4, -0.2) is 51.5 Å². The zero-order valence-electron chi connectivity index (χ0n) is 22.4. The van der Waals surface area contributed by atoms with E-state index in [0.29, 0.717) is 64.4 Å². The lowest BCUT2D eigenvalue weighted by Gasteiger charge is -2.33. The summed E-state index contributed by atoms with van der Waals surface area (Å²) < 4.78 is 44.7. The third kappa shape index (κ3) is 6.88. The summed E-state index contributed by atoms with van der Waals surface area (Å²) in [6.07, 6.45) is -3.33. The summed E-state index contributed by atoms with van der Waals surface area (Å²) in [6.45, 7) is 0.776. The monoisotopic (exact) mass is 597 g/mol. The van der Waals surface area contributed by atoms with Crippen LogP contribution in [-0.2, 0) is 22.1 Å². The van der Waals surface area contributed by atoms with Gasteiger partial charge in [0, 0.05) is 29.1 Å². The maximum Gasteiger partial charge on any atom is 0.416 e. The van der Waals surface area contributed by atoms with Crippen molar-refractivity contribution in [3.63, 3.8) is 0 Å². The SMILES string of the molecule is O=C(O)CCCCc1nc2cc(C(=O)N3CCO[C@@H](c4ccc(C(F)(F)F)cc4)C3)ccc2nc1-c1ccc(Cl)cc1. The summed E-state index contributed by atoms with van der Waals surface area (Å²) in [5.41, 5.74) is 3.52. The van der Waals surface area contributed by atoms with Gasteiger partial charge in [-0.3, -0.25) is 9.59 Å². The molecule has 0 aliphatic carbocycles. The Morgan fingerprint density at radius 3 is 2.40 bits per heavy atom. The van der Waals surface area contributed by atoms with Crippen LogP contribution in [0.5, 0.6) is 0 Å². The molecule has 4 aromatic rings. The van der Waals surface area contributed by atoms with Gasteiger partial charge < -0.3 is 14.7 Å². The van der Waals surface area contributed by atoms with E-state index in [2.05, 4.69) is 0 Å². The summed E-state index contributed by atoms with van der Waals surface area (Å²) in [5.74, 6) is -1.10. The standard InChI is InChI=1S/C31H27ClF3N3O4/c32-23-12-7-20(8-13-23)29-25(3-1-2-4-28(39)40)36-26-17-21(9-14-24(26)37-29)30(41)38-15-16-42-27(18-38)19-5-10-22(11-6-19)31(33,34)35/h5-14,17,27H,1-4,15-16,18H2,(H,39,40)/t27-/m1/s1. The van der Waals surface area contributed by atoms with Gasteiger partial charge in [0.05, 0.1) is 41.1 Å². The molecule has 11 heteroatoms. The number of unbranched alkanes of at least 4 members (excludes halogenated alkanes) is 1. The number of carboxylic acids is 1. The van der Waals surface area contributed by atoms with Gasteiger partial charge in [-0.15, -0.1) is 0 Å². The van der Waals surface area contributed by atoms with Crippen LogP contribution in [0.4, 0.5) is 13.2 Å². The summed E-state index contributed by atoms with van der Waals surface area (Å²) in [7, 11) is 0. The van der Waals surface area contributed by atoms with Crippen LogP contribution in [0.1, 0.15) is 52.5 Å². The van der Waals surface area contributed by atoms with Crippen LogP contribution in [0.15, 0.2) is 66.7 Å². The number of halogens is 4. The van der Waals surface area contributed by atoms with Gasteiger partial charge in [0.1, 0.15) is 6.10 Å². The van der Waals surface area contributed by atoms with Gasteiger partial charge in [0.25, 0.3) is 5.91 Å². The number of aliphatic carboxylic acids is 1. The molecule has 0 unspecified atom stereocenters. The number of ether oxygens (including phenoxy) is 1. The molecule has 0 bridgehead atoms. The van der Waals surface area contributed by atoms with E-state index in [1.54, 1.807) is 35.2 Å². The Bertz CT molecular complexity index is 1590. The second kappa shape index (κ2) is 12.5. The lowest BCUT2D eigenvalue weighted by atomic mass is 10.0. The molecular formula is C31H27ClF3N3O4. The number of morpholine rings is 1. The fourth-order valence-electron chi connectivity index (χ4n) is 4.91. The fourth-order valence-corrected chi connectivity index (χ4v) is 5.04. The molecule has 7 nitrogen and oxygen atoms in total. The number of nitrogens with zero attached hydrogens (tertiary/aromatic N) is 3. The molecule has 1 amide bonds. The molecule has 0 spiro atoms. The Kier molecular flexibility index (Phi) is 8.74. The van der Waals surface area contributed by atoms with Crippen molar-refractivity contribution in [2.24, 2.45) is 0 Å². The molecule has 42 heavy (non-hydrogen) atoms. The normalized spacial score (nSPS) is 15.6. The Morgan fingerprint density at radius 2 is 1.71 bits per heavy atom. The Labute approximate surface area is 244 Å². The molecule has 1 aliphatic heterocycles. The van der Waals surface area contributed by atoms with Crippen molar-refractivity contribution in [1.82, 2.24) is 14.9 Å². The first-order valence-corrected chi connectivity index (χ1v) is 13.8. The number of benzene rings is 3. The van der Waals surface area contributed by atoms with Crippen LogP contribution in [0.3, 0.4) is 0 Å². The molecule has 218 valence electrons. The number of amides is 1. The second-order valence-electron chi connectivity index (χ2n) is 10.1. The number of rotatable bonds is 8. The molecule has 1 aromatic heterocycles. The van der Waals surface area contributed by atoms with Crippen molar-refractivity contribution in [2.45, 2.75) is 38.0 Å². The van der Waals surface area contributed by atoms with E-state index in [0.717, 1.165) is 17.7 Å². The summed E-state index contributed by atoms with van der Waals surface area (Å²) in [4.78, 5) is 35.7. The lowest BCUT2D eigenvalue weighted by Crippen LogP contribution is -2.42. The van der Waals surface area contributed by atoms with Crippen molar-refractivity contribution in [3.8, 4) is 11.3 Å². The van der Waals surface area contributed by atoms with Crippen LogP contribution in [0, 0.1) is 0 Å². The van der Waals surface area contributed by atoms with Crippen molar-refractivity contribution >= 4 is 34.5 Å². The third-order valence-corrected chi connectivity index (χ3v) is 7.37. The molecule has 1 N–H and O–H groups in total. The maximum atomic E-state index is 13.5. The number of alkyl halides is 3. The summed E-state index contributed by atoms with van der Waals surface area (Å²) in [6, 6.07) is 17.1. The zero-order chi connectivity index (χ0) is 29.9. The van der Waals surface area contributed by atoms with Crippen LogP contribution in [0.2, 0.25) is 5.02 Å².